The molecule has 0 aliphatic carbocycles. The molecule has 1 aromatic rings. The number of nitrogens with two attached hydrogens (primary N) is 2. The Morgan fingerprint density at radius 3 is 2.79 bits per heavy atom. The zero-order valence-corrected chi connectivity index (χ0v) is 7.44. The summed E-state index contributed by atoms with van der Waals surface area (Å²) in [6.07, 6.45) is 1.32. The van der Waals surface area contributed by atoms with E-state index in [1.165, 1.54) is 13.3 Å². The molecule has 0 spiro atoms. The van der Waals surface area contributed by atoms with Gasteiger partial charge < -0.3 is 16.2 Å². The molecule has 0 saturated heterocycles. The lowest BCUT2D eigenvalue weighted by Crippen LogP contribution is -2.02. The quantitative estimate of drug-likeness (QED) is 0.410. The van der Waals surface area contributed by atoms with Crippen LogP contribution in [0, 0.1) is 11.8 Å². The van der Waals surface area contributed by atoms with Crippen LogP contribution >= 0.6 is 0 Å². The van der Waals surface area contributed by atoms with E-state index < -0.39 is 5.97 Å². The van der Waals surface area contributed by atoms with Gasteiger partial charge in [-0.2, -0.15) is 0 Å². The maximum absolute atomic E-state index is 10.6. The smallest absolute Gasteiger partial charge is 0.384 e. The summed E-state index contributed by atoms with van der Waals surface area (Å²) in [7, 11) is 1.24. The minimum absolute atomic E-state index is 0.0849. The summed E-state index contributed by atoms with van der Waals surface area (Å²) in [5.74, 6) is 4.18. The molecule has 0 saturated carbocycles. The Bertz CT molecular complexity index is 419. The number of esters is 1. The maximum atomic E-state index is 10.6. The van der Waals surface area contributed by atoms with Gasteiger partial charge in [-0.15, -0.1) is 0 Å². The van der Waals surface area contributed by atoms with Crippen LogP contribution in [-0.2, 0) is 9.53 Å². The SMILES string of the molecule is COC(=O)C#Cc1cnc(N)c(N)n1. The van der Waals surface area contributed by atoms with Gasteiger partial charge in [0.05, 0.1) is 13.3 Å². The van der Waals surface area contributed by atoms with Crippen LogP contribution in [0.1, 0.15) is 5.69 Å². The monoisotopic (exact) mass is 192 g/mol. The maximum Gasteiger partial charge on any atom is 0.384 e. The number of nitrogen functional groups attached to an aromatic ring is 2. The molecule has 14 heavy (non-hydrogen) atoms. The first-order chi connectivity index (χ1) is 6.63. The molecule has 1 heterocycles. The fraction of sp³-hybridized carbons (Fsp3) is 0.125. The molecule has 6 heteroatoms. The van der Waals surface area contributed by atoms with Gasteiger partial charge in [0.15, 0.2) is 11.6 Å². The van der Waals surface area contributed by atoms with E-state index >= 15 is 0 Å². The molecule has 0 radical (unpaired) electrons. The highest BCUT2D eigenvalue weighted by molar-refractivity contribution is 5.88. The number of rotatable bonds is 0. The molecular weight excluding hydrogens is 184 g/mol. The van der Waals surface area contributed by atoms with E-state index in [4.69, 9.17) is 11.5 Å². The molecule has 4 N–H and O–H groups in total. The highest BCUT2D eigenvalue weighted by atomic mass is 16.5. The molecule has 0 aliphatic rings. The summed E-state index contributed by atoms with van der Waals surface area (Å²) >= 11 is 0. The highest BCUT2D eigenvalue weighted by Gasteiger charge is 1.98. The van der Waals surface area contributed by atoms with Crippen molar-refractivity contribution in [3.05, 3.63) is 11.9 Å². The van der Waals surface area contributed by atoms with Crippen molar-refractivity contribution in [3.8, 4) is 11.8 Å². The van der Waals surface area contributed by atoms with E-state index in [0.29, 0.717) is 0 Å². The fourth-order valence-electron chi connectivity index (χ4n) is 0.639. The average molecular weight is 192 g/mol. The van der Waals surface area contributed by atoms with Crippen LogP contribution < -0.4 is 11.5 Å². The Morgan fingerprint density at radius 2 is 2.21 bits per heavy atom. The van der Waals surface area contributed by atoms with Crippen LogP contribution in [0.5, 0.6) is 0 Å². The number of aromatic nitrogens is 2. The molecule has 72 valence electrons. The van der Waals surface area contributed by atoms with E-state index in [1.54, 1.807) is 0 Å². The van der Waals surface area contributed by atoms with Crippen molar-refractivity contribution in [1.82, 2.24) is 9.97 Å². The molecule has 0 unspecified atom stereocenters. The summed E-state index contributed by atoms with van der Waals surface area (Å²) in [5, 5.41) is 0. The molecule has 0 aliphatic heterocycles. The summed E-state index contributed by atoms with van der Waals surface area (Å²) in [6.45, 7) is 0. The third kappa shape index (κ3) is 2.35. The van der Waals surface area contributed by atoms with Crippen LogP contribution in [0.3, 0.4) is 0 Å². The van der Waals surface area contributed by atoms with Crippen molar-refractivity contribution in [2.75, 3.05) is 18.6 Å². The molecule has 1 aromatic heterocycles. The van der Waals surface area contributed by atoms with Gasteiger partial charge in [0.2, 0.25) is 0 Å². The number of methoxy groups -OCH3 is 1. The van der Waals surface area contributed by atoms with Crippen molar-refractivity contribution in [1.29, 1.82) is 0 Å². The van der Waals surface area contributed by atoms with Gasteiger partial charge >= 0.3 is 5.97 Å². The number of nitrogens with zero attached hydrogens (tertiary/aromatic N) is 2. The number of hydrogen-bond acceptors (Lipinski definition) is 6. The second kappa shape index (κ2) is 4.09. The van der Waals surface area contributed by atoms with Gasteiger partial charge in [-0.05, 0) is 5.92 Å². The number of anilines is 2. The van der Waals surface area contributed by atoms with Crippen molar-refractivity contribution < 1.29 is 9.53 Å². The zero-order valence-electron chi connectivity index (χ0n) is 7.44. The number of carbonyl (C=O) groups is 1. The summed E-state index contributed by atoms with van der Waals surface area (Å²) < 4.78 is 4.31. The lowest BCUT2D eigenvalue weighted by molar-refractivity contribution is -0.133. The van der Waals surface area contributed by atoms with Gasteiger partial charge in [-0.25, -0.2) is 14.8 Å². The summed E-state index contributed by atoms with van der Waals surface area (Å²) in [6, 6.07) is 0. The van der Waals surface area contributed by atoms with Gasteiger partial charge in [0.1, 0.15) is 5.69 Å². The first kappa shape index (κ1) is 9.80. The zero-order chi connectivity index (χ0) is 10.6. The average Bonchev–Trinajstić information content (AvgIpc) is 2.19. The Labute approximate surface area is 80.3 Å². The van der Waals surface area contributed by atoms with Crippen molar-refractivity contribution in [3.63, 3.8) is 0 Å². The number of ether oxygens (including phenoxy) is 1. The van der Waals surface area contributed by atoms with Crippen LogP contribution in [0.15, 0.2) is 6.20 Å². The fourth-order valence-corrected chi connectivity index (χ4v) is 0.639. The third-order valence-electron chi connectivity index (χ3n) is 1.31. The predicted octanol–water partition coefficient (Wildman–Crippen LogP) is -0.835. The van der Waals surface area contributed by atoms with Crippen LogP contribution in [0.4, 0.5) is 11.6 Å². The first-order valence-electron chi connectivity index (χ1n) is 3.61. The Balaban J connectivity index is 2.91. The van der Waals surface area contributed by atoms with Crippen molar-refractivity contribution in [2.45, 2.75) is 0 Å². The Morgan fingerprint density at radius 1 is 1.50 bits per heavy atom. The lowest BCUT2D eigenvalue weighted by atomic mass is 10.4. The van der Waals surface area contributed by atoms with E-state index in [1.807, 2.05) is 0 Å². The van der Waals surface area contributed by atoms with Gasteiger partial charge in [-0.3, -0.25) is 0 Å². The minimum atomic E-state index is -0.651. The molecule has 0 bridgehead atoms. The molecule has 0 aromatic carbocycles. The van der Waals surface area contributed by atoms with Crippen LogP contribution in [0.25, 0.3) is 0 Å². The van der Waals surface area contributed by atoms with Gasteiger partial charge in [0.25, 0.3) is 0 Å². The Hall–Kier alpha value is -2.29. The number of hydrogen-bond donors (Lipinski definition) is 2. The molecule has 0 atom stereocenters. The van der Waals surface area contributed by atoms with E-state index in [0.717, 1.165) is 0 Å². The molecule has 0 fully saturated rings. The highest BCUT2D eigenvalue weighted by Crippen LogP contribution is 2.05. The second-order valence-electron chi connectivity index (χ2n) is 2.27. The van der Waals surface area contributed by atoms with Crippen LogP contribution in [0.2, 0.25) is 0 Å². The van der Waals surface area contributed by atoms with E-state index in [2.05, 4.69) is 26.5 Å². The molecule has 0 amide bonds. The number of carbonyl (C=O) groups excluding carboxylic acids is 1. The minimum Gasteiger partial charge on any atom is -0.459 e. The van der Waals surface area contributed by atoms with Crippen LogP contribution in [-0.4, -0.2) is 23.0 Å². The topological polar surface area (TPSA) is 104 Å². The molecule has 1 rings (SSSR count). The standard InChI is InChI=1S/C8H8N4O2/c1-14-6(13)3-2-5-4-11-7(9)8(10)12-5/h4H,1H3,(H2,9,11)(H2,10,12). The Kier molecular flexibility index (Phi) is 2.86. The second-order valence-corrected chi connectivity index (χ2v) is 2.27. The third-order valence-corrected chi connectivity index (χ3v) is 1.31. The summed E-state index contributed by atoms with van der Waals surface area (Å²) in [4.78, 5) is 18.1. The normalized spacial score (nSPS) is 8.64. The van der Waals surface area contributed by atoms with Crippen molar-refractivity contribution in [2.24, 2.45) is 0 Å². The largest absolute Gasteiger partial charge is 0.459 e. The van der Waals surface area contributed by atoms with Gasteiger partial charge in [-0.1, -0.05) is 0 Å². The molecule has 6 nitrogen and oxygen atoms in total. The van der Waals surface area contributed by atoms with E-state index in [-0.39, 0.29) is 17.3 Å². The summed E-state index contributed by atoms with van der Waals surface area (Å²) in [5.41, 5.74) is 11.0. The lowest BCUT2D eigenvalue weighted by Gasteiger charge is -1.96. The molecular formula is C8H8N4O2. The predicted molar refractivity (Wildman–Crippen MR) is 49.8 cm³/mol. The first-order valence-corrected chi connectivity index (χ1v) is 3.61. The van der Waals surface area contributed by atoms with Gasteiger partial charge in [0, 0.05) is 5.92 Å². The van der Waals surface area contributed by atoms with E-state index in [9.17, 15) is 4.79 Å². The van der Waals surface area contributed by atoms with Crippen molar-refractivity contribution >= 4 is 17.6 Å².